The van der Waals surface area contributed by atoms with Crippen LogP contribution < -0.4 is 11.1 Å². The Balaban J connectivity index is 3.16. The van der Waals surface area contributed by atoms with E-state index in [9.17, 15) is 14.3 Å². The smallest absolute Gasteiger partial charge is 0.340 e. The number of carboxylic acid groups (broad SMARTS) is 1. The first-order valence-electron chi connectivity index (χ1n) is 5.57. The number of carboxylic acids is 1. The van der Waals surface area contributed by atoms with Crippen molar-refractivity contribution in [3.05, 3.63) is 23.5 Å². The van der Waals surface area contributed by atoms with Crippen molar-refractivity contribution >= 4 is 17.3 Å². The Hall–Kier alpha value is -1.82. The average molecular weight is 256 g/mol. The summed E-state index contributed by atoms with van der Waals surface area (Å²) in [5.74, 6) is -2.00. The number of nitrogens with one attached hydrogen (secondary N) is 1. The molecule has 0 fully saturated rings. The second-order valence-corrected chi connectivity index (χ2v) is 4.37. The van der Waals surface area contributed by atoms with Crippen LogP contribution in [0.3, 0.4) is 0 Å². The van der Waals surface area contributed by atoms with Gasteiger partial charge in [-0.3, -0.25) is 0 Å². The van der Waals surface area contributed by atoms with E-state index in [-0.39, 0.29) is 29.8 Å². The molecule has 0 saturated carbocycles. The fourth-order valence-corrected chi connectivity index (χ4v) is 1.57. The van der Waals surface area contributed by atoms with Gasteiger partial charge in [0.1, 0.15) is 11.4 Å². The second kappa shape index (κ2) is 5.68. The number of hydrogen-bond acceptors (Lipinski definition) is 4. The van der Waals surface area contributed by atoms with Crippen molar-refractivity contribution in [1.29, 1.82) is 0 Å². The van der Waals surface area contributed by atoms with Crippen LogP contribution in [-0.4, -0.2) is 28.8 Å². The molecule has 0 aromatic heterocycles. The van der Waals surface area contributed by atoms with Crippen molar-refractivity contribution in [3.8, 4) is 0 Å². The Kier molecular flexibility index (Phi) is 4.49. The molecule has 1 rings (SSSR count). The molecule has 18 heavy (non-hydrogen) atoms. The van der Waals surface area contributed by atoms with Gasteiger partial charge >= 0.3 is 5.97 Å². The first-order valence-corrected chi connectivity index (χ1v) is 5.57. The van der Waals surface area contributed by atoms with Crippen LogP contribution >= 0.6 is 0 Å². The third-order valence-electron chi connectivity index (χ3n) is 2.75. The molecule has 0 saturated heterocycles. The number of hydrogen-bond donors (Lipinski definition) is 4. The van der Waals surface area contributed by atoms with Gasteiger partial charge in [0.2, 0.25) is 0 Å². The standard InChI is InChI=1S/C12H17FN2O3/c1-6(2)9(5-16)15-8-4-3-7(13)11(14)10(8)12(17)18/h3-4,6,9,15-16H,5,14H2,1-2H3,(H,17,18). The lowest BCUT2D eigenvalue weighted by atomic mass is 10.0. The number of carbonyl (C=O) groups is 1. The Morgan fingerprint density at radius 3 is 2.56 bits per heavy atom. The minimum absolute atomic E-state index is 0.0860. The van der Waals surface area contributed by atoms with Crippen LogP contribution in [0.5, 0.6) is 0 Å². The van der Waals surface area contributed by atoms with E-state index in [2.05, 4.69) is 5.32 Å². The van der Waals surface area contributed by atoms with Crippen molar-refractivity contribution in [2.24, 2.45) is 5.92 Å². The van der Waals surface area contributed by atoms with Crippen molar-refractivity contribution in [1.82, 2.24) is 0 Å². The maximum Gasteiger partial charge on any atom is 0.340 e. The summed E-state index contributed by atoms with van der Waals surface area (Å²) in [6, 6.07) is 2.08. The molecule has 100 valence electrons. The monoisotopic (exact) mass is 256 g/mol. The van der Waals surface area contributed by atoms with Crippen molar-refractivity contribution in [2.45, 2.75) is 19.9 Å². The van der Waals surface area contributed by atoms with Crippen LogP contribution in [0, 0.1) is 11.7 Å². The van der Waals surface area contributed by atoms with Gasteiger partial charge < -0.3 is 21.3 Å². The van der Waals surface area contributed by atoms with Gasteiger partial charge in [-0.05, 0) is 18.1 Å². The molecule has 1 aromatic rings. The molecule has 1 aromatic carbocycles. The number of rotatable bonds is 5. The van der Waals surface area contributed by atoms with Crippen molar-refractivity contribution in [2.75, 3.05) is 17.7 Å². The molecule has 1 atom stereocenters. The van der Waals surface area contributed by atoms with Gasteiger partial charge in [-0.1, -0.05) is 13.8 Å². The molecule has 0 aliphatic heterocycles. The topological polar surface area (TPSA) is 95.6 Å². The van der Waals surface area contributed by atoms with Crippen molar-refractivity contribution < 1.29 is 19.4 Å². The zero-order valence-corrected chi connectivity index (χ0v) is 10.3. The largest absolute Gasteiger partial charge is 0.478 e. The number of anilines is 2. The fraction of sp³-hybridized carbons (Fsp3) is 0.417. The normalized spacial score (nSPS) is 12.5. The van der Waals surface area contributed by atoms with Gasteiger partial charge in [0, 0.05) is 0 Å². The summed E-state index contributed by atoms with van der Waals surface area (Å²) in [7, 11) is 0. The molecule has 1 unspecified atom stereocenters. The number of halogens is 1. The van der Waals surface area contributed by atoms with Crippen LogP contribution in [0.2, 0.25) is 0 Å². The van der Waals surface area contributed by atoms with Gasteiger partial charge in [0.05, 0.1) is 24.0 Å². The summed E-state index contributed by atoms with van der Waals surface area (Å²) >= 11 is 0. The zero-order chi connectivity index (χ0) is 13.9. The number of aliphatic hydroxyl groups excluding tert-OH is 1. The molecule has 0 heterocycles. The van der Waals surface area contributed by atoms with E-state index < -0.39 is 17.5 Å². The summed E-state index contributed by atoms with van der Waals surface area (Å²) in [6.45, 7) is 3.59. The summed E-state index contributed by atoms with van der Waals surface area (Å²) < 4.78 is 13.2. The lowest BCUT2D eigenvalue weighted by Crippen LogP contribution is -2.30. The molecule has 0 aliphatic rings. The summed E-state index contributed by atoms with van der Waals surface area (Å²) in [4.78, 5) is 11.1. The minimum atomic E-state index is -1.31. The Morgan fingerprint density at radius 2 is 2.11 bits per heavy atom. The highest BCUT2D eigenvalue weighted by atomic mass is 19.1. The first-order chi connectivity index (χ1) is 8.38. The molecule has 0 spiro atoms. The van der Waals surface area contributed by atoms with E-state index >= 15 is 0 Å². The average Bonchev–Trinajstić information content (AvgIpc) is 2.29. The van der Waals surface area contributed by atoms with Crippen LogP contribution in [-0.2, 0) is 0 Å². The van der Waals surface area contributed by atoms with E-state index in [1.165, 1.54) is 6.07 Å². The maximum atomic E-state index is 13.2. The van der Waals surface area contributed by atoms with E-state index in [1.54, 1.807) is 0 Å². The highest BCUT2D eigenvalue weighted by Gasteiger charge is 2.20. The van der Waals surface area contributed by atoms with Crippen LogP contribution in [0.1, 0.15) is 24.2 Å². The van der Waals surface area contributed by atoms with Gasteiger partial charge in [0.15, 0.2) is 0 Å². The van der Waals surface area contributed by atoms with Crippen LogP contribution in [0.4, 0.5) is 15.8 Å². The van der Waals surface area contributed by atoms with Gasteiger partial charge in [-0.15, -0.1) is 0 Å². The highest BCUT2D eigenvalue weighted by Crippen LogP contribution is 2.26. The molecule has 5 nitrogen and oxygen atoms in total. The summed E-state index contributed by atoms with van der Waals surface area (Å²) in [5.41, 5.74) is 4.90. The van der Waals surface area contributed by atoms with Crippen LogP contribution in [0.25, 0.3) is 0 Å². The van der Waals surface area contributed by atoms with E-state index in [0.717, 1.165) is 6.07 Å². The van der Waals surface area contributed by atoms with Gasteiger partial charge in [-0.25, -0.2) is 9.18 Å². The maximum absolute atomic E-state index is 13.2. The molecular formula is C12H17FN2O3. The van der Waals surface area contributed by atoms with E-state index in [1.807, 2.05) is 13.8 Å². The predicted octanol–water partition coefficient (Wildman–Crippen LogP) is 1.53. The van der Waals surface area contributed by atoms with Gasteiger partial charge in [0.25, 0.3) is 0 Å². The highest BCUT2D eigenvalue weighted by molar-refractivity contribution is 6.00. The first kappa shape index (κ1) is 14.2. The fourth-order valence-electron chi connectivity index (χ4n) is 1.57. The predicted molar refractivity (Wildman–Crippen MR) is 67.1 cm³/mol. The number of aromatic carboxylic acids is 1. The Morgan fingerprint density at radius 1 is 1.50 bits per heavy atom. The molecule has 6 heteroatoms. The quantitative estimate of drug-likeness (QED) is 0.599. The third-order valence-corrected chi connectivity index (χ3v) is 2.75. The molecular weight excluding hydrogens is 239 g/mol. The zero-order valence-electron chi connectivity index (χ0n) is 10.3. The SMILES string of the molecule is CC(C)C(CO)Nc1ccc(F)c(N)c1C(=O)O. The molecule has 5 N–H and O–H groups in total. The van der Waals surface area contributed by atoms with Crippen LogP contribution in [0.15, 0.2) is 12.1 Å². The number of aliphatic hydroxyl groups is 1. The molecule has 0 amide bonds. The Bertz CT molecular complexity index is 449. The number of nitrogen functional groups attached to an aromatic ring is 1. The third kappa shape index (κ3) is 2.89. The van der Waals surface area contributed by atoms with E-state index in [4.69, 9.17) is 10.8 Å². The molecule has 0 aliphatic carbocycles. The summed E-state index contributed by atoms with van der Waals surface area (Å²) in [5, 5.41) is 21.1. The van der Waals surface area contributed by atoms with Gasteiger partial charge in [-0.2, -0.15) is 0 Å². The Labute approximate surface area is 104 Å². The summed E-state index contributed by atoms with van der Waals surface area (Å²) in [6.07, 6.45) is 0. The lowest BCUT2D eigenvalue weighted by molar-refractivity contribution is 0.0698. The van der Waals surface area contributed by atoms with E-state index in [0.29, 0.717) is 0 Å². The van der Waals surface area contributed by atoms with Crippen molar-refractivity contribution in [3.63, 3.8) is 0 Å². The number of nitrogens with two attached hydrogens (primary N) is 1. The molecule has 0 radical (unpaired) electrons. The second-order valence-electron chi connectivity index (χ2n) is 4.37. The number of benzene rings is 1. The lowest BCUT2D eigenvalue weighted by Gasteiger charge is -2.22. The molecule has 0 bridgehead atoms. The minimum Gasteiger partial charge on any atom is -0.478 e.